The number of hydrogen-bond donors (Lipinski definition) is 2. The van der Waals surface area contributed by atoms with E-state index in [1.54, 1.807) is 13.1 Å². The predicted octanol–water partition coefficient (Wildman–Crippen LogP) is 4.42. The maximum Gasteiger partial charge on any atom is 0.257 e. The lowest BCUT2D eigenvalue weighted by molar-refractivity contribution is -0.128. The molecule has 0 bridgehead atoms. The summed E-state index contributed by atoms with van der Waals surface area (Å²) in [6.45, 7) is 5.13. The molecule has 1 spiro atoms. The Balaban J connectivity index is 1.27. The first-order valence-electron chi connectivity index (χ1n) is 12.2. The molecule has 2 aliphatic heterocycles. The number of benzene rings is 2. The molecule has 7 nitrogen and oxygen atoms in total. The Bertz CT molecular complexity index is 1230. The fourth-order valence-electron chi connectivity index (χ4n) is 5.32. The van der Waals surface area contributed by atoms with Gasteiger partial charge in [0.25, 0.3) is 5.91 Å². The Kier molecular flexibility index (Phi) is 6.16. The van der Waals surface area contributed by atoms with Gasteiger partial charge < -0.3 is 20.9 Å². The van der Waals surface area contributed by atoms with Crippen molar-refractivity contribution >= 4 is 29.0 Å². The molecule has 3 aromatic rings. The van der Waals surface area contributed by atoms with E-state index in [-0.39, 0.29) is 17.2 Å². The monoisotopic (exact) mass is 469 g/mol. The van der Waals surface area contributed by atoms with Gasteiger partial charge in [0, 0.05) is 44.7 Å². The van der Waals surface area contributed by atoms with Crippen LogP contribution in [0.1, 0.15) is 36.5 Å². The molecule has 3 heterocycles. The van der Waals surface area contributed by atoms with Crippen LogP contribution in [-0.2, 0) is 4.79 Å². The summed E-state index contributed by atoms with van der Waals surface area (Å²) < 4.78 is 0. The van der Waals surface area contributed by atoms with Crippen molar-refractivity contribution in [3.63, 3.8) is 0 Å². The topological polar surface area (TPSA) is 91.6 Å². The first-order chi connectivity index (χ1) is 16.9. The molecule has 3 N–H and O–H groups in total. The lowest BCUT2D eigenvalue weighted by atomic mass is 9.79. The van der Waals surface area contributed by atoms with E-state index >= 15 is 0 Å². The summed E-state index contributed by atoms with van der Waals surface area (Å²) in [5.41, 5.74) is 9.89. The van der Waals surface area contributed by atoms with Crippen LogP contribution >= 0.6 is 0 Å². The second-order valence-electron chi connectivity index (χ2n) is 9.74. The predicted molar refractivity (Wildman–Crippen MR) is 139 cm³/mol. The summed E-state index contributed by atoms with van der Waals surface area (Å²) in [5.74, 6) is 0.777. The van der Waals surface area contributed by atoms with Gasteiger partial charge in [0.15, 0.2) is 0 Å². The number of nitrogens with zero attached hydrogens (tertiary/aromatic N) is 3. The van der Waals surface area contributed by atoms with Crippen LogP contribution < -0.4 is 16.0 Å². The van der Waals surface area contributed by atoms with Crippen molar-refractivity contribution in [2.24, 2.45) is 5.41 Å². The number of carbonyl (C=O) groups excluding carboxylic acids is 2. The van der Waals surface area contributed by atoms with Crippen LogP contribution in [0.5, 0.6) is 0 Å². The van der Waals surface area contributed by atoms with Gasteiger partial charge in [-0.05, 0) is 54.7 Å². The van der Waals surface area contributed by atoms with E-state index in [0.717, 1.165) is 62.4 Å². The maximum atomic E-state index is 12.9. The molecule has 2 aromatic carbocycles. The number of nitrogens with one attached hydrogen (secondary N) is 1. The van der Waals surface area contributed by atoms with E-state index in [9.17, 15) is 9.59 Å². The van der Waals surface area contributed by atoms with Crippen LogP contribution in [0.4, 0.5) is 17.2 Å². The standard InChI is InChI=1S/C28H31N5O2/c1-20(34)32-15-13-28(18-32)12-5-14-33(19-28)26-11-9-23(17-30-26)27(35)31-25-16-22(8-10-24(25)29)21-6-3-2-4-7-21/h2-4,6-11,16-17H,5,12-15,18-19,29H2,1H3,(H,31,35). The lowest BCUT2D eigenvalue weighted by Crippen LogP contribution is -2.45. The van der Waals surface area contributed by atoms with E-state index < -0.39 is 0 Å². The number of carbonyl (C=O) groups is 2. The number of nitrogens with two attached hydrogens (primary N) is 1. The normalized spacial score (nSPS) is 19.7. The smallest absolute Gasteiger partial charge is 0.257 e. The number of likely N-dealkylation sites (tertiary alicyclic amines) is 1. The second-order valence-corrected chi connectivity index (χ2v) is 9.74. The summed E-state index contributed by atoms with van der Waals surface area (Å²) in [6, 6.07) is 19.3. The average Bonchev–Trinajstić information content (AvgIpc) is 3.29. The zero-order chi connectivity index (χ0) is 24.4. The highest BCUT2D eigenvalue weighted by Gasteiger charge is 2.42. The van der Waals surface area contributed by atoms with Crippen molar-refractivity contribution < 1.29 is 9.59 Å². The SMILES string of the molecule is CC(=O)N1CCC2(CCCN(c3ccc(C(=O)Nc4cc(-c5ccccc5)ccc4N)cn3)C2)C1. The van der Waals surface area contributed by atoms with Gasteiger partial charge in [-0.3, -0.25) is 9.59 Å². The highest BCUT2D eigenvalue weighted by molar-refractivity contribution is 6.06. The number of nitrogen functional groups attached to an aromatic ring is 1. The Labute approximate surface area is 206 Å². The van der Waals surface area contributed by atoms with Crippen LogP contribution in [0.2, 0.25) is 0 Å². The fourth-order valence-corrected chi connectivity index (χ4v) is 5.32. The number of hydrogen-bond acceptors (Lipinski definition) is 5. The van der Waals surface area contributed by atoms with Crippen molar-refractivity contribution in [2.75, 3.05) is 42.1 Å². The second kappa shape index (κ2) is 9.41. The van der Waals surface area contributed by atoms with Gasteiger partial charge in [0.05, 0.1) is 16.9 Å². The van der Waals surface area contributed by atoms with Crippen LogP contribution in [0.15, 0.2) is 66.9 Å². The van der Waals surface area contributed by atoms with E-state index in [0.29, 0.717) is 16.9 Å². The Morgan fingerprint density at radius 2 is 1.80 bits per heavy atom. The van der Waals surface area contributed by atoms with E-state index in [4.69, 9.17) is 5.73 Å². The highest BCUT2D eigenvalue weighted by atomic mass is 16.2. The Hall–Kier alpha value is -3.87. The molecular formula is C28H31N5O2. The van der Waals surface area contributed by atoms with Gasteiger partial charge in [0.1, 0.15) is 5.82 Å². The zero-order valence-electron chi connectivity index (χ0n) is 20.0. The quantitative estimate of drug-likeness (QED) is 0.552. The first kappa shape index (κ1) is 22.9. The van der Waals surface area contributed by atoms with Crippen molar-refractivity contribution in [2.45, 2.75) is 26.2 Å². The van der Waals surface area contributed by atoms with Gasteiger partial charge in [-0.2, -0.15) is 0 Å². The van der Waals surface area contributed by atoms with E-state index in [1.807, 2.05) is 65.6 Å². The molecule has 180 valence electrons. The fraction of sp³-hybridized carbons (Fsp3) is 0.321. The summed E-state index contributed by atoms with van der Waals surface area (Å²) in [4.78, 5) is 33.6. The molecule has 5 rings (SSSR count). The van der Waals surface area contributed by atoms with Gasteiger partial charge in [-0.1, -0.05) is 36.4 Å². The summed E-state index contributed by atoms with van der Waals surface area (Å²) in [6.07, 6.45) is 4.87. The molecule has 1 aromatic heterocycles. The molecule has 0 radical (unpaired) electrons. The van der Waals surface area contributed by atoms with E-state index in [2.05, 4.69) is 15.2 Å². The van der Waals surface area contributed by atoms with E-state index in [1.165, 1.54) is 0 Å². The van der Waals surface area contributed by atoms with Crippen molar-refractivity contribution in [1.29, 1.82) is 0 Å². The molecule has 2 amide bonds. The molecule has 35 heavy (non-hydrogen) atoms. The first-order valence-corrected chi connectivity index (χ1v) is 12.2. The largest absolute Gasteiger partial charge is 0.397 e. The van der Waals surface area contributed by atoms with Crippen molar-refractivity contribution in [1.82, 2.24) is 9.88 Å². The maximum absolute atomic E-state index is 12.9. The molecule has 1 atom stereocenters. The third-order valence-corrected chi connectivity index (χ3v) is 7.29. The molecule has 1 unspecified atom stereocenters. The highest BCUT2D eigenvalue weighted by Crippen LogP contribution is 2.40. The minimum absolute atomic E-state index is 0.142. The third kappa shape index (κ3) is 4.85. The van der Waals surface area contributed by atoms with Gasteiger partial charge in [0.2, 0.25) is 5.91 Å². The van der Waals surface area contributed by atoms with Gasteiger partial charge in [-0.15, -0.1) is 0 Å². The number of pyridine rings is 1. The zero-order valence-corrected chi connectivity index (χ0v) is 20.0. The van der Waals surface area contributed by atoms with Crippen molar-refractivity contribution in [3.8, 4) is 11.1 Å². The Morgan fingerprint density at radius 1 is 0.971 bits per heavy atom. The number of aromatic nitrogens is 1. The van der Waals surface area contributed by atoms with Gasteiger partial charge >= 0.3 is 0 Å². The summed E-state index contributed by atoms with van der Waals surface area (Å²) in [5, 5.41) is 2.94. The van der Waals surface area contributed by atoms with Gasteiger partial charge in [-0.25, -0.2) is 4.98 Å². The lowest BCUT2D eigenvalue weighted by Gasteiger charge is -2.41. The number of anilines is 3. The van der Waals surface area contributed by atoms with Crippen LogP contribution in [-0.4, -0.2) is 47.9 Å². The van der Waals surface area contributed by atoms with Crippen LogP contribution in [0, 0.1) is 5.41 Å². The molecule has 2 aliphatic rings. The molecule has 0 aliphatic carbocycles. The molecular weight excluding hydrogens is 438 g/mol. The summed E-state index contributed by atoms with van der Waals surface area (Å²) in [7, 11) is 0. The molecule has 0 saturated carbocycles. The molecule has 7 heteroatoms. The van der Waals surface area contributed by atoms with Crippen molar-refractivity contribution in [3.05, 3.63) is 72.4 Å². The molecule has 2 fully saturated rings. The number of amides is 2. The minimum atomic E-state index is -0.246. The number of piperidine rings is 1. The minimum Gasteiger partial charge on any atom is -0.397 e. The third-order valence-electron chi connectivity index (χ3n) is 7.29. The number of rotatable bonds is 4. The summed E-state index contributed by atoms with van der Waals surface area (Å²) >= 11 is 0. The molecule has 2 saturated heterocycles. The van der Waals surface area contributed by atoms with Crippen LogP contribution in [0.3, 0.4) is 0 Å². The Morgan fingerprint density at radius 3 is 2.51 bits per heavy atom. The average molecular weight is 470 g/mol. The van der Waals surface area contributed by atoms with Crippen LogP contribution in [0.25, 0.3) is 11.1 Å².